The zero-order chi connectivity index (χ0) is 13.5. The van der Waals surface area contributed by atoms with E-state index in [1.54, 1.807) is 6.20 Å². The monoisotopic (exact) mass is 257 g/mol. The van der Waals surface area contributed by atoms with E-state index in [1.165, 1.54) is 11.3 Å². The summed E-state index contributed by atoms with van der Waals surface area (Å²) in [4.78, 5) is 0. The summed E-state index contributed by atoms with van der Waals surface area (Å²) in [7, 11) is 2.01. The van der Waals surface area contributed by atoms with Crippen molar-refractivity contribution in [2.75, 3.05) is 7.05 Å². The maximum Gasteiger partial charge on any atom is 0.175 e. The fourth-order valence-electron chi connectivity index (χ4n) is 2.90. The molecule has 0 radical (unpaired) electrons. The first kappa shape index (κ1) is 12.3. The summed E-state index contributed by atoms with van der Waals surface area (Å²) in [6.07, 6.45) is 5.78. The van der Waals surface area contributed by atoms with Crippen LogP contribution >= 0.6 is 0 Å². The first-order valence-corrected chi connectivity index (χ1v) is 6.63. The number of hydrogen-bond acceptors (Lipinski definition) is 4. The molecule has 0 amide bonds. The Bertz CT molecular complexity index is 573. The minimum Gasteiger partial charge on any atom is -0.313 e. The second-order valence-corrected chi connectivity index (χ2v) is 5.93. The van der Waals surface area contributed by atoms with Crippen LogP contribution in [0, 0.1) is 5.41 Å². The maximum atomic E-state index is 4.51. The fourth-order valence-corrected chi connectivity index (χ4v) is 2.90. The van der Waals surface area contributed by atoms with Crippen molar-refractivity contribution in [1.29, 1.82) is 0 Å². The van der Waals surface area contributed by atoms with Crippen LogP contribution in [0.25, 0.3) is 5.82 Å². The van der Waals surface area contributed by atoms with E-state index in [-0.39, 0.29) is 5.41 Å². The molecule has 5 heteroatoms. The van der Waals surface area contributed by atoms with Gasteiger partial charge in [0.25, 0.3) is 0 Å². The molecule has 1 atom stereocenters. The Hall–Kier alpha value is -1.75. The molecule has 1 N–H and O–H groups in total. The van der Waals surface area contributed by atoms with Crippen molar-refractivity contribution in [1.82, 2.24) is 25.3 Å². The van der Waals surface area contributed by atoms with Gasteiger partial charge >= 0.3 is 0 Å². The molecular formula is C14H19N5. The number of nitrogens with zero attached hydrogens (tertiary/aromatic N) is 4. The third-order valence-corrected chi connectivity index (χ3v) is 3.80. The third-order valence-electron chi connectivity index (χ3n) is 3.80. The van der Waals surface area contributed by atoms with Gasteiger partial charge in [0.2, 0.25) is 0 Å². The first-order valence-electron chi connectivity index (χ1n) is 6.63. The second kappa shape index (κ2) is 4.42. The predicted molar refractivity (Wildman–Crippen MR) is 73.1 cm³/mol. The van der Waals surface area contributed by atoms with E-state index in [1.807, 2.05) is 30.1 Å². The Kier molecular flexibility index (Phi) is 2.86. The van der Waals surface area contributed by atoms with Crippen molar-refractivity contribution in [2.45, 2.75) is 32.7 Å². The van der Waals surface area contributed by atoms with E-state index in [2.05, 4.69) is 34.5 Å². The minimum absolute atomic E-state index is 0.265. The van der Waals surface area contributed by atoms with Crippen LogP contribution in [0.15, 0.2) is 24.5 Å². The van der Waals surface area contributed by atoms with Gasteiger partial charge in [0, 0.05) is 17.8 Å². The van der Waals surface area contributed by atoms with Crippen LogP contribution < -0.4 is 5.32 Å². The van der Waals surface area contributed by atoms with E-state index >= 15 is 0 Å². The average Bonchev–Trinajstić information content (AvgIpc) is 2.81. The van der Waals surface area contributed by atoms with Crippen molar-refractivity contribution in [3.05, 3.63) is 35.8 Å². The van der Waals surface area contributed by atoms with E-state index in [0.717, 1.165) is 18.7 Å². The highest BCUT2D eigenvalue weighted by Crippen LogP contribution is 2.40. The molecule has 0 aromatic carbocycles. The molecule has 0 bridgehead atoms. The molecule has 0 aliphatic heterocycles. The summed E-state index contributed by atoms with van der Waals surface area (Å²) in [5.74, 6) is 0.788. The number of hydrogen-bond donors (Lipinski definition) is 1. The lowest BCUT2D eigenvalue weighted by Crippen LogP contribution is -2.32. The Labute approximate surface area is 113 Å². The van der Waals surface area contributed by atoms with Crippen molar-refractivity contribution in [3.63, 3.8) is 0 Å². The summed E-state index contributed by atoms with van der Waals surface area (Å²) in [6.45, 7) is 4.60. The molecule has 19 heavy (non-hydrogen) atoms. The molecular weight excluding hydrogens is 238 g/mol. The van der Waals surface area contributed by atoms with E-state index < -0.39 is 0 Å². The zero-order valence-corrected chi connectivity index (χ0v) is 11.6. The van der Waals surface area contributed by atoms with Gasteiger partial charge in [0.05, 0.1) is 11.9 Å². The summed E-state index contributed by atoms with van der Waals surface area (Å²) < 4.78 is 1.92. The number of nitrogens with one attached hydrogen (secondary N) is 1. The van der Waals surface area contributed by atoms with Gasteiger partial charge in [-0.15, -0.1) is 5.10 Å². The van der Waals surface area contributed by atoms with E-state index in [4.69, 9.17) is 0 Å². The average molecular weight is 257 g/mol. The first-order chi connectivity index (χ1) is 9.11. The van der Waals surface area contributed by atoms with Crippen molar-refractivity contribution in [3.8, 4) is 5.82 Å². The molecule has 2 aromatic rings. The molecule has 0 fully saturated rings. The normalized spacial score (nSPS) is 21.1. The molecule has 100 valence electrons. The lowest BCUT2D eigenvalue weighted by atomic mass is 9.74. The summed E-state index contributed by atoms with van der Waals surface area (Å²) in [5.41, 5.74) is 2.80. The van der Waals surface area contributed by atoms with Gasteiger partial charge in [0.1, 0.15) is 0 Å². The van der Waals surface area contributed by atoms with Crippen LogP contribution in [-0.4, -0.2) is 27.0 Å². The molecule has 1 aliphatic rings. The smallest absolute Gasteiger partial charge is 0.175 e. The molecule has 3 rings (SSSR count). The van der Waals surface area contributed by atoms with Crippen LogP contribution in [0.3, 0.4) is 0 Å². The molecule has 0 saturated carbocycles. The topological polar surface area (TPSA) is 55.6 Å². The number of aromatic nitrogens is 4. The van der Waals surface area contributed by atoms with Gasteiger partial charge in [0.15, 0.2) is 5.82 Å². The third kappa shape index (κ3) is 2.14. The molecule has 1 aliphatic carbocycles. The van der Waals surface area contributed by atoms with Crippen LogP contribution in [0.1, 0.15) is 37.6 Å². The van der Waals surface area contributed by atoms with E-state index in [9.17, 15) is 0 Å². The standard InChI is InChI=1S/C14H19N5/c1-14(2)7-11(15-3)10-9-17-19(12(10)8-14)13-5-4-6-16-18-13/h4-6,9,11,15H,7-8H2,1-3H3. The highest BCUT2D eigenvalue weighted by atomic mass is 15.3. The highest BCUT2D eigenvalue weighted by Gasteiger charge is 2.34. The second-order valence-electron chi connectivity index (χ2n) is 5.93. The number of fused-ring (bicyclic) bond motifs is 1. The lowest BCUT2D eigenvalue weighted by molar-refractivity contribution is 0.260. The van der Waals surface area contributed by atoms with Gasteiger partial charge < -0.3 is 5.32 Å². The summed E-state index contributed by atoms with van der Waals surface area (Å²) >= 11 is 0. The van der Waals surface area contributed by atoms with Crippen molar-refractivity contribution < 1.29 is 0 Å². The van der Waals surface area contributed by atoms with Gasteiger partial charge in [-0.25, -0.2) is 4.68 Å². The molecule has 0 spiro atoms. The Balaban J connectivity index is 2.09. The lowest BCUT2D eigenvalue weighted by Gasteiger charge is -2.35. The molecule has 5 nitrogen and oxygen atoms in total. The predicted octanol–water partition coefficient (Wildman–Crippen LogP) is 1.90. The Morgan fingerprint density at radius 2 is 2.26 bits per heavy atom. The summed E-state index contributed by atoms with van der Waals surface area (Å²) in [6, 6.07) is 4.19. The molecule has 2 aromatic heterocycles. The summed E-state index contributed by atoms with van der Waals surface area (Å²) in [5, 5.41) is 16.0. The van der Waals surface area contributed by atoms with Crippen molar-refractivity contribution in [2.24, 2.45) is 5.41 Å². The quantitative estimate of drug-likeness (QED) is 0.892. The highest BCUT2D eigenvalue weighted by molar-refractivity contribution is 5.33. The molecule has 1 unspecified atom stereocenters. The van der Waals surface area contributed by atoms with Crippen LogP contribution in [-0.2, 0) is 6.42 Å². The van der Waals surface area contributed by atoms with Gasteiger partial charge in [-0.3, -0.25) is 0 Å². The van der Waals surface area contributed by atoms with Crippen LogP contribution in [0.4, 0.5) is 0 Å². The largest absolute Gasteiger partial charge is 0.313 e. The van der Waals surface area contributed by atoms with E-state index in [0.29, 0.717) is 6.04 Å². The molecule has 0 saturated heterocycles. The van der Waals surface area contributed by atoms with Crippen LogP contribution in [0.5, 0.6) is 0 Å². The van der Waals surface area contributed by atoms with Gasteiger partial charge in [-0.2, -0.15) is 10.2 Å². The van der Waals surface area contributed by atoms with Gasteiger partial charge in [-0.05, 0) is 37.4 Å². The minimum atomic E-state index is 0.265. The SMILES string of the molecule is CNC1CC(C)(C)Cc2c1cnn2-c1cccnn1. The van der Waals surface area contributed by atoms with Gasteiger partial charge in [-0.1, -0.05) is 13.8 Å². The van der Waals surface area contributed by atoms with Crippen LogP contribution in [0.2, 0.25) is 0 Å². The zero-order valence-electron chi connectivity index (χ0n) is 11.6. The fraction of sp³-hybridized carbons (Fsp3) is 0.500. The molecule has 2 heterocycles. The number of rotatable bonds is 2. The Morgan fingerprint density at radius 3 is 2.95 bits per heavy atom. The Morgan fingerprint density at radius 1 is 1.42 bits per heavy atom. The van der Waals surface area contributed by atoms with Crippen molar-refractivity contribution >= 4 is 0 Å². The maximum absolute atomic E-state index is 4.51.